The maximum absolute atomic E-state index is 11.0. The molecule has 0 saturated carbocycles. The first-order valence-corrected chi connectivity index (χ1v) is 6.60. The number of benzene rings is 1. The maximum Gasteiger partial charge on any atom is 0.391 e. The molecule has 0 amide bonds. The molecule has 20 heavy (non-hydrogen) atoms. The number of unbranched alkanes of at least 4 members (excludes halogenated alkanes) is 2. The van der Waals surface area contributed by atoms with Crippen LogP contribution in [0.2, 0.25) is 0 Å². The Bertz CT molecular complexity index is 628. The van der Waals surface area contributed by atoms with Gasteiger partial charge in [-0.3, -0.25) is 0 Å². The lowest BCUT2D eigenvalue weighted by Gasteiger charge is -2.10. The molecular weight excluding hydrogens is 258 g/mol. The van der Waals surface area contributed by atoms with Gasteiger partial charge in [-0.1, -0.05) is 31.9 Å². The zero-order valence-electron chi connectivity index (χ0n) is 11.3. The fourth-order valence-electron chi connectivity index (χ4n) is 2.01. The Morgan fingerprint density at radius 3 is 2.80 bits per heavy atom. The summed E-state index contributed by atoms with van der Waals surface area (Å²) in [6, 6.07) is 7.11. The molecule has 0 bridgehead atoms. The molecule has 0 atom stereocenters. The van der Waals surface area contributed by atoms with Crippen LogP contribution < -0.4 is 10.5 Å². The number of anilines is 1. The van der Waals surface area contributed by atoms with Crippen LogP contribution in [0, 0.1) is 10.1 Å². The summed E-state index contributed by atoms with van der Waals surface area (Å²) in [5.74, 6) is 0.00703. The minimum absolute atomic E-state index is 0.00908. The monoisotopic (exact) mass is 275 g/mol. The van der Waals surface area contributed by atoms with Crippen molar-refractivity contribution in [1.29, 1.82) is 0 Å². The predicted octanol–water partition coefficient (Wildman–Crippen LogP) is 3.29. The van der Waals surface area contributed by atoms with Gasteiger partial charge in [0.05, 0.1) is 12.0 Å². The van der Waals surface area contributed by atoms with E-state index in [1.165, 1.54) is 0 Å². The zero-order valence-corrected chi connectivity index (χ0v) is 11.3. The first-order valence-electron chi connectivity index (χ1n) is 6.60. The predicted molar refractivity (Wildman–Crippen MR) is 77.8 cm³/mol. The minimum atomic E-state index is -0.583. The summed E-state index contributed by atoms with van der Waals surface area (Å²) in [5, 5.41) is 11.7. The lowest BCUT2D eigenvalue weighted by atomic mass is 10.2. The zero-order chi connectivity index (χ0) is 14.5. The van der Waals surface area contributed by atoms with E-state index in [1.54, 1.807) is 18.2 Å². The van der Waals surface area contributed by atoms with Gasteiger partial charge in [-0.2, -0.15) is 0 Å². The average molecular weight is 275 g/mol. The Labute approximate surface area is 116 Å². The number of nitrogen functional groups attached to an aromatic ring is 1. The molecule has 106 valence electrons. The summed E-state index contributed by atoms with van der Waals surface area (Å²) >= 11 is 0. The molecule has 2 rings (SSSR count). The van der Waals surface area contributed by atoms with Gasteiger partial charge in [-0.05, 0) is 28.5 Å². The molecule has 2 N–H and O–H groups in total. The largest absolute Gasteiger partial charge is 0.490 e. The van der Waals surface area contributed by atoms with Crippen LogP contribution in [0.1, 0.15) is 26.2 Å². The number of nitro groups is 1. The first kappa shape index (κ1) is 14.0. The van der Waals surface area contributed by atoms with Crippen molar-refractivity contribution >= 4 is 22.4 Å². The Morgan fingerprint density at radius 2 is 2.10 bits per heavy atom. The lowest BCUT2D eigenvalue weighted by molar-refractivity contribution is -0.388. The van der Waals surface area contributed by atoms with Gasteiger partial charge in [0, 0.05) is 0 Å². The van der Waals surface area contributed by atoms with E-state index in [9.17, 15) is 10.1 Å². The van der Waals surface area contributed by atoms with Crippen LogP contribution in [0.3, 0.4) is 0 Å². The van der Waals surface area contributed by atoms with Gasteiger partial charge in [-0.15, -0.1) is 0 Å². The topological polar surface area (TPSA) is 91.3 Å². The van der Waals surface area contributed by atoms with E-state index >= 15 is 0 Å². The highest BCUT2D eigenvalue weighted by molar-refractivity contribution is 5.92. The number of ether oxygens (including phenoxy) is 1. The van der Waals surface area contributed by atoms with Crippen molar-refractivity contribution in [2.45, 2.75) is 26.2 Å². The van der Waals surface area contributed by atoms with Crippen molar-refractivity contribution in [3.05, 3.63) is 34.4 Å². The van der Waals surface area contributed by atoms with Crippen LogP contribution in [0.4, 0.5) is 11.5 Å². The van der Waals surface area contributed by atoms with Crippen LogP contribution >= 0.6 is 0 Å². The number of para-hydroxylation sites is 1. The third-order valence-electron chi connectivity index (χ3n) is 3.03. The van der Waals surface area contributed by atoms with E-state index in [0.717, 1.165) is 19.3 Å². The Kier molecular flexibility index (Phi) is 4.34. The van der Waals surface area contributed by atoms with Crippen molar-refractivity contribution in [2.24, 2.45) is 0 Å². The number of rotatable bonds is 6. The van der Waals surface area contributed by atoms with Gasteiger partial charge < -0.3 is 20.6 Å². The summed E-state index contributed by atoms with van der Waals surface area (Å²) in [5.41, 5.74) is 6.34. The second-order valence-electron chi connectivity index (χ2n) is 4.51. The molecule has 6 heteroatoms. The molecule has 1 aromatic carbocycles. The average Bonchev–Trinajstić information content (AvgIpc) is 2.44. The van der Waals surface area contributed by atoms with Gasteiger partial charge in [-0.25, -0.2) is 0 Å². The maximum atomic E-state index is 11.0. The molecule has 0 radical (unpaired) electrons. The van der Waals surface area contributed by atoms with Crippen LogP contribution in [0.15, 0.2) is 24.3 Å². The summed E-state index contributed by atoms with van der Waals surface area (Å²) in [4.78, 5) is 14.4. The normalized spacial score (nSPS) is 10.7. The third-order valence-corrected chi connectivity index (χ3v) is 3.03. The van der Waals surface area contributed by atoms with E-state index in [1.807, 2.05) is 6.07 Å². The van der Waals surface area contributed by atoms with Crippen LogP contribution in [0.25, 0.3) is 10.9 Å². The highest BCUT2D eigenvalue weighted by Crippen LogP contribution is 2.36. The molecule has 0 fully saturated rings. The fraction of sp³-hybridized carbons (Fsp3) is 0.357. The molecule has 0 unspecified atom stereocenters. The van der Waals surface area contributed by atoms with Crippen molar-refractivity contribution < 1.29 is 9.66 Å². The van der Waals surface area contributed by atoms with E-state index in [-0.39, 0.29) is 11.5 Å². The van der Waals surface area contributed by atoms with Crippen LogP contribution in [-0.4, -0.2) is 16.5 Å². The number of aromatic nitrogens is 1. The van der Waals surface area contributed by atoms with Gasteiger partial charge in [0.15, 0.2) is 17.0 Å². The molecule has 1 aromatic heterocycles. The molecule has 0 spiro atoms. The van der Waals surface area contributed by atoms with Crippen molar-refractivity contribution in [1.82, 2.24) is 4.98 Å². The number of hydrogen-bond acceptors (Lipinski definition) is 5. The molecule has 2 aromatic rings. The number of pyridine rings is 1. The van der Waals surface area contributed by atoms with Crippen molar-refractivity contribution in [3.63, 3.8) is 0 Å². The summed E-state index contributed by atoms with van der Waals surface area (Å²) < 4.78 is 5.67. The molecular formula is C14H17N3O3. The van der Waals surface area contributed by atoms with E-state index < -0.39 is 4.92 Å². The fourth-order valence-corrected chi connectivity index (χ4v) is 2.01. The SMILES string of the molecule is CCCCCOc1c(N)c([N+](=O)[O-])nc2ccccc12. The molecule has 1 heterocycles. The molecule has 0 aliphatic carbocycles. The second kappa shape index (κ2) is 6.18. The molecule has 0 aliphatic heterocycles. The molecule has 6 nitrogen and oxygen atoms in total. The summed E-state index contributed by atoms with van der Waals surface area (Å²) in [6.07, 6.45) is 3.02. The standard InChI is InChI=1S/C14H17N3O3/c1-2-3-6-9-20-13-10-7-4-5-8-11(10)16-14(12(13)15)17(18)19/h4-5,7-8H,2-3,6,9,15H2,1H3. The minimum Gasteiger partial charge on any atom is -0.490 e. The summed E-state index contributed by atoms with van der Waals surface area (Å²) in [7, 11) is 0. The number of nitrogens with two attached hydrogens (primary N) is 1. The number of nitrogens with zero attached hydrogens (tertiary/aromatic N) is 2. The van der Waals surface area contributed by atoms with Gasteiger partial charge in [0.2, 0.25) is 0 Å². The highest BCUT2D eigenvalue weighted by Gasteiger charge is 2.22. The smallest absolute Gasteiger partial charge is 0.391 e. The first-order chi connectivity index (χ1) is 9.65. The van der Waals surface area contributed by atoms with E-state index in [2.05, 4.69) is 11.9 Å². The molecule has 0 aliphatic rings. The number of hydrogen-bond donors (Lipinski definition) is 1. The second-order valence-corrected chi connectivity index (χ2v) is 4.51. The molecule has 0 saturated heterocycles. The van der Waals surface area contributed by atoms with Crippen molar-refractivity contribution in [2.75, 3.05) is 12.3 Å². The van der Waals surface area contributed by atoms with E-state index in [0.29, 0.717) is 23.3 Å². The van der Waals surface area contributed by atoms with Gasteiger partial charge >= 0.3 is 5.82 Å². The lowest BCUT2D eigenvalue weighted by Crippen LogP contribution is -2.05. The highest BCUT2D eigenvalue weighted by atomic mass is 16.6. The number of fused-ring (bicyclic) bond motifs is 1. The van der Waals surface area contributed by atoms with E-state index in [4.69, 9.17) is 10.5 Å². The summed E-state index contributed by atoms with van der Waals surface area (Å²) in [6.45, 7) is 2.59. The van der Waals surface area contributed by atoms with Gasteiger partial charge in [0.25, 0.3) is 0 Å². The third kappa shape index (κ3) is 2.79. The Morgan fingerprint density at radius 1 is 1.35 bits per heavy atom. The van der Waals surface area contributed by atoms with Crippen molar-refractivity contribution in [3.8, 4) is 5.75 Å². The Hall–Kier alpha value is -2.37. The van der Waals surface area contributed by atoms with Gasteiger partial charge in [0.1, 0.15) is 0 Å². The van der Waals surface area contributed by atoms with Crippen LogP contribution in [0.5, 0.6) is 5.75 Å². The van der Waals surface area contributed by atoms with Crippen LogP contribution in [-0.2, 0) is 0 Å². The quantitative estimate of drug-likeness (QED) is 0.496. The Balaban J connectivity index is 2.43.